The van der Waals surface area contributed by atoms with Crippen molar-refractivity contribution in [2.75, 3.05) is 13.2 Å². The number of hydrogen-bond acceptors (Lipinski definition) is 13. The van der Waals surface area contributed by atoms with Gasteiger partial charge in [-0.05, 0) is 0 Å². The molecule has 0 aliphatic carbocycles. The van der Waals surface area contributed by atoms with E-state index >= 15 is 0 Å². The van der Waals surface area contributed by atoms with Crippen molar-refractivity contribution in [2.24, 2.45) is 5.73 Å². The molecule has 168 valence electrons. The number of nitrogens with two attached hydrogens (primary N) is 1. The van der Waals surface area contributed by atoms with Crippen LogP contribution in [0.5, 0.6) is 0 Å². The first-order chi connectivity index (χ1) is 13.5. The van der Waals surface area contributed by atoms with Crippen molar-refractivity contribution in [1.29, 1.82) is 0 Å². The van der Waals surface area contributed by atoms with Gasteiger partial charge in [0.1, 0.15) is 42.7 Å². The smallest absolute Gasteiger partial charge is 0.318 e. The molecule has 0 radical (unpaired) electrons. The van der Waals surface area contributed by atoms with Gasteiger partial charge in [0.05, 0.1) is 13.2 Å². The second-order valence-electron chi connectivity index (χ2n) is 6.61. The van der Waals surface area contributed by atoms with E-state index in [4.69, 9.17) is 19.9 Å². The summed E-state index contributed by atoms with van der Waals surface area (Å²) < 4.78 is 15.3. The second-order valence-corrected chi connectivity index (χ2v) is 6.61. The maximum absolute atomic E-state index is 12.2. The van der Waals surface area contributed by atoms with Crippen LogP contribution in [-0.2, 0) is 19.0 Å². The molecule has 0 bridgehead atoms. The SMILES string of the molecule is NC(=O)NC(=O)[C@]1([13CH2]O)O[C@@H](O[C@H]2[C@H](O)[C@@H](O)[C@H](O)O[C@@H]2CO)[C@H](O)[C@@H](O)[C@@H]1O. The Labute approximate surface area is 162 Å². The van der Waals surface area contributed by atoms with Crippen LogP contribution < -0.4 is 11.1 Å². The van der Waals surface area contributed by atoms with Crippen molar-refractivity contribution in [3.05, 3.63) is 0 Å². The van der Waals surface area contributed by atoms with Crippen LogP contribution >= 0.6 is 0 Å². The lowest BCUT2D eigenvalue weighted by Crippen LogP contribution is -2.72. The van der Waals surface area contributed by atoms with E-state index in [9.17, 15) is 50.4 Å². The summed E-state index contributed by atoms with van der Waals surface area (Å²) in [4.78, 5) is 23.2. The highest BCUT2D eigenvalue weighted by Crippen LogP contribution is 2.33. The number of imide groups is 1. The lowest BCUT2D eigenvalue weighted by Gasteiger charge is -2.48. The third-order valence-corrected chi connectivity index (χ3v) is 4.74. The Morgan fingerprint density at radius 2 is 1.62 bits per heavy atom. The zero-order valence-electron chi connectivity index (χ0n) is 14.8. The maximum Gasteiger partial charge on any atom is 0.318 e. The number of aliphatic hydroxyl groups is 8. The lowest BCUT2D eigenvalue weighted by molar-refractivity contribution is -0.368. The van der Waals surface area contributed by atoms with Gasteiger partial charge in [0.2, 0.25) is 5.60 Å². The Morgan fingerprint density at radius 3 is 2.14 bits per heavy atom. The number of carbonyl (C=O) groups excluding carboxylic acids is 2. The van der Waals surface area contributed by atoms with Gasteiger partial charge in [-0.3, -0.25) is 10.1 Å². The van der Waals surface area contributed by atoms with Gasteiger partial charge < -0.3 is 60.8 Å². The highest BCUT2D eigenvalue weighted by molar-refractivity contribution is 5.98. The van der Waals surface area contributed by atoms with E-state index in [-0.39, 0.29) is 0 Å². The third kappa shape index (κ3) is 4.35. The van der Waals surface area contributed by atoms with Crippen LogP contribution in [0.4, 0.5) is 4.79 Å². The number of amides is 3. The summed E-state index contributed by atoms with van der Waals surface area (Å²) in [5.74, 6) is -1.46. The zero-order chi connectivity index (χ0) is 22.1. The molecule has 0 unspecified atom stereocenters. The molecular formula is C14H24N2O13. The molecule has 2 fully saturated rings. The molecule has 0 aromatic heterocycles. The summed E-state index contributed by atoms with van der Waals surface area (Å²) in [6.45, 7) is -2.13. The normalized spacial score (nSPS) is 45.6. The van der Waals surface area contributed by atoms with E-state index in [1.54, 1.807) is 5.32 Å². The lowest BCUT2D eigenvalue weighted by atomic mass is 9.90. The number of rotatable bonds is 5. The predicted octanol–water partition coefficient (Wildman–Crippen LogP) is -6.83. The largest absolute Gasteiger partial charge is 0.394 e. The Balaban J connectivity index is 2.31. The van der Waals surface area contributed by atoms with Gasteiger partial charge in [0.25, 0.3) is 5.91 Å². The molecular weight excluding hydrogens is 405 g/mol. The second kappa shape index (κ2) is 9.11. The number of carbonyl (C=O) groups is 2. The molecule has 15 nitrogen and oxygen atoms in total. The van der Waals surface area contributed by atoms with Gasteiger partial charge in [-0.15, -0.1) is 0 Å². The zero-order valence-corrected chi connectivity index (χ0v) is 14.8. The Morgan fingerprint density at radius 1 is 1.00 bits per heavy atom. The molecule has 0 saturated carbocycles. The van der Waals surface area contributed by atoms with Gasteiger partial charge in [-0.25, -0.2) is 4.79 Å². The first-order valence-corrected chi connectivity index (χ1v) is 8.40. The van der Waals surface area contributed by atoms with E-state index in [0.29, 0.717) is 0 Å². The van der Waals surface area contributed by atoms with Crippen LogP contribution in [0.1, 0.15) is 0 Å². The predicted molar refractivity (Wildman–Crippen MR) is 85.3 cm³/mol. The number of urea groups is 1. The van der Waals surface area contributed by atoms with E-state index in [2.05, 4.69) is 0 Å². The Bertz CT molecular complexity index is 606. The van der Waals surface area contributed by atoms with Crippen molar-refractivity contribution >= 4 is 11.9 Å². The molecule has 2 aliphatic rings. The number of ether oxygens (including phenoxy) is 3. The monoisotopic (exact) mass is 429 g/mol. The number of nitrogens with one attached hydrogen (secondary N) is 1. The molecule has 0 spiro atoms. The van der Waals surface area contributed by atoms with Gasteiger partial charge in [0.15, 0.2) is 12.6 Å². The van der Waals surface area contributed by atoms with Crippen LogP contribution in [0.15, 0.2) is 0 Å². The topological polar surface area (TPSA) is 262 Å². The number of primary amides is 1. The van der Waals surface area contributed by atoms with Crippen molar-refractivity contribution in [1.82, 2.24) is 5.32 Å². The molecule has 2 saturated heterocycles. The summed E-state index contributed by atoms with van der Waals surface area (Å²) in [5, 5.41) is 80.2. The maximum atomic E-state index is 12.2. The van der Waals surface area contributed by atoms with E-state index in [0.717, 1.165) is 0 Å². The van der Waals surface area contributed by atoms with Crippen LogP contribution in [0.3, 0.4) is 0 Å². The Kier molecular flexibility index (Phi) is 7.47. The minimum Gasteiger partial charge on any atom is -0.394 e. The highest BCUT2D eigenvalue weighted by Gasteiger charge is 2.59. The third-order valence-electron chi connectivity index (χ3n) is 4.74. The fourth-order valence-electron chi connectivity index (χ4n) is 3.08. The minimum absolute atomic E-state index is 0.827. The first-order valence-electron chi connectivity index (χ1n) is 8.40. The van der Waals surface area contributed by atoms with Crippen LogP contribution in [0.2, 0.25) is 0 Å². The number of hydrogen-bond donors (Lipinski definition) is 10. The average molecular weight is 429 g/mol. The molecule has 11 N–H and O–H groups in total. The van der Waals surface area contributed by atoms with Gasteiger partial charge in [-0.2, -0.15) is 0 Å². The fraction of sp³-hybridized carbons (Fsp3) is 0.857. The quantitative estimate of drug-likeness (QED) is 0.182. The van der Waals surface area contributed by atoms with E-state index in [1.165, 1.54) is 0 Å². The van der Waals surface area contributed by atoms with Gasteiger partial charge in [0, 0.05) is 0 Å². The molecule has 29 heavy (non-hydrogen) atoms. The summed E-state index contributed by atoms with van der Waals surface area (Å²) in [7, 11) is 0. The number of aliphatic hydroxyl groups excluding tert-OH is 8. The molecule has 0 aromatic rings. The first kappa shape index (κ1) is 23.8. The van der Waals surface area contributed by atoms with Gasteiger partial charge >= 0.3 is 6.03 Å². The van der Waals surface area contributed by atoms with Crippen LogP contribution in [-0.4, -0.2) is 127 Å². The summed E-state index contributed by atoms with van der Waals surface area (Å²) in [6.07, 6.45) is -17.2. The molecule has 2 aliphatic heterocycles. The van der Waals surface area contributed by atoms with Crippen molar-refractivity contribution in [2.45, 2.75) is 60.9 Å². The Hall–Kier alpha value is -1.50. The molecule has 3 amide bonds. The van der Waals surface area contributed by atoms with Crippen LogP contribution in [0, 0.1) is 0 Å². The molecule has 10 atom stereocenters. The summed E-state index contributed by atoms with van der Waals surface area (Å²) in [5.41, 5.74) is 2.11. The van der Waals surface area contributed by atoms with Crippen molar-refractivity contribution < 1.29 is 64.7 Å². The van der Waals surface area contributed by atoms with E-state index < -0.39 is 86.1 Å². The highest BCUT2D eigenvalue weighted by atomic mass is 16.7. The standard InChI is InChI=1S/C14H24N2O13/c15-13(26)16-12(25)14(2-18)9(23)5(20)7(22)11(29-14)28-8-3(1-17)27-10(24)6(21)4(8)19/h3-11,17-24H,1-2H2,(H3,15,16,25,26)/t3-,4-,5-,6-,7-,8-,9+,10-,11-,14-/m1/s1/i2+1. The molecule has 2 rings (SSSR count). The fourth-order valence-corrected chi connectivity index (χ4v) is 3.08. The average Bonchev–Trinajstić information content (AvgIpc) is 2.67. The molecule has 15 heteroatoms. The summed E-state index contributed by atoms with van der Waals surface area (Å²) >= 11 is 0. The minimum atomic E-state index is -2.72. The van der Waals surface area contributed by atoms with Crippen molar-refractivity contribution in [3.63, 3.8) is 0 Å². The molecule has 0 aromatic carbocycles. The van der Waals surface area contributed by atoms with Crippen molar-refractivity contribution in [3.8, 4) is 0 Å². The summed E-state index contributed by atoms with van der Waals surface area (Å²) in [6, 6.07) is -1.37. The van der Waals surface area contributed by atoms with Gasteiger partial charge in [-0.1, -0.05) is 0 Å². The molecule has 2 heterocycles. The van der Waals surface area contributed by atoms with Crippen LogP contribution in [0.25, 0.3) is 0 Å². The van der Waals surface area contributed by atoms with E-state index in [1.807, 2.05) is 0 Å².